The van der Waals surface area contributed by atoms with E-state index in [1.54, 1.807) is 6.92 Å². The topological polar surface area (TPSA) is 63.3 Å². The number of hydrogen-bond donors (Lipinski definition) is 1. The number of nitrogens with zero attached hydrogens (tertiary/aromatic N) is 1. The molecule has 0 saturated heterocycles. The minimum absolute atomic E-state index is 0.215. The highest BCUT2D eigenvalue weighted by Crippen LogP contribution is 2.13. The van der Waals surface area contributed by atoms with Crippen LogP contribution in [0.4, 0.5) is 0 Å². The van der Waals surface area contributed by atoms with Gasteiger partial charge in [-0.25, -0.2) is 9.78 Å². The van der Waals surface area contributed by atoms with Gasteiger partial charge in [0.15, 0.2) is 0 Å². The van der Waals surface area contributed by atoms with E-state index in [1.165, 1.54) is 0 Å². The van der Waals surface area contributed by atoms with Crippen molar-refractivity contribution in [3.05, 3.63) is 17.3 Å². The molecule has 0 aromatic carbocycles. The van der Waals surface area contributed by atoms with Crippen LogP contribution in [0.5, 0.6) is 0 Å². The molecule has 0 radical (unpaired) electrons. The van der Waals surface area contributed by atoms with Gasteiger partial charge in [0, 0.05) is 0 Å². The molecule has 13 heavy (non-hydrogen) atoms. The average Bonchev–Trinajstić information content (AvgIpc) is 2.31. The lowest BCUT2D eigenvalue weighted by atomic mass is 10.1. The quantitative estimate of drug-likeness (QED) is 0.777. The number of carbonyl (C=O) groups is 1. The van der Waals surface area contributed by atoms with Gasteiger partial charge in [0.25, 0.3) is 0 Å². The summed E-state index contributed by atoms with van der Waals surface area (Å²) in [6.07, 6.45) is 0.753. The van der Waals surface area contributed by atoms with Gasteiger partial charge in [0.1, 0.15) is 5.76 Å². The lowest BCUT2D eigenvalue weighted by Gasteiger charge is -1.99. The Morgan fingerprint density at radius 1 is 1.62 bits per heavy atom. The molecular formula is C9H13NO3. The van der Waals surface area contributed by atoms with Crippen molar-refractivity contribution in [1.82, 2.24) is 4.98 Å². The summed E-state index contributed by atoms with van der Waals surface area (Å²) in [4.78, 5) is 14.4. The van der Waals surface area contributed by atoms with Crippen LogP contribution in [-0.2, 0) is 6.42 Å². The molecule has 1 aromatic heterocycles. The Balaban J connectivity index is 2.90. The molecule has 0 unspecified atom stereocenters. The highest BCUT2D eigenvalue weighted by molar-refractivity contribution is 5.82. The van der Waals surface area contributed by atoms with Crippen LogP contribution in [0.25, 0.3) is 0 Å². The van der Waals surface area contributed by atoms with Gasteiger partial charge < -0.3 is 9.52 Å². The van der Waals surface area contributed by atoms with E-state index in [-0.39, 0.29) is 5.89 Å². The van der Waals surface area contributed by atoms with Gasteiger partial charge in [-0.15, -0.1) is 0 Å². The molecule has 1 heterocycles. The Morgan fingerprint density at radius 2 is 2.23 bits per heavy atom. The molecule has 0 bridgehead atoms. The second-order valence-electron chi connectivity index (χ2n) is 3.43. The summed E-state index contributed by atoms with van der Waals surface area (Å²) in [5.74, 6) is -0.275. The summed E-state index contributed by atoms with van der Waals surface area (Å²) >= 11 is 0. The number of hydrogen-bond acceptors (Lipinski definition) is 3. The summed E-state index contributed by atoms with van der Waals surface area (Å²) in [6.45, 7) is 5.83. The number of carboxylic acid groups (broad SMARTS) is 1. The molecule has 0 aliphatic heterocycles. The van der Waals surface area contributed by atoms with E-state index in [0.29, 0.717) is 11.7 Å². The van der Waals surface area contributed by atoms with Crippen LogP contribution in [0.2, 0.25) is 0 Å². The minimum atomic E-state index is -1.11. The number of aryl methyl sites for hydroxylation is 1. The van der Waals surface area contributed by atoms with Gasteiger partial charge in [-0.3, -0.25) is 0 Å². The van der Waals surface area contributed by atoms with Crippen LogP contribution in [-0.4, -0.2) is 16.1 Å². The molecule has 0 spiro atoms. The van der Waals surface area contributed by atoms with E-state index in [1.807, 2.05) is 0 Å². The molecule has 0 aliphatic rings. The van der Waals surface area contributed by atoms with E-state index in [2.05, 4.69) is 18.8 Å². The van der Waals surface area contributed by atoms with Crippen LogP contribution in [0.3, 0.4) is 0 Å². The number of carboxylic acids is 1. The highest BCUT2D eigenvalue weighted by atomic mass is 16.4. The third-order valence-electron chi connectivity index (χ3n) is 1.68. The first-order valence-electron chi connectivity index (χ1n) is 4.20. The van der Waals surface area contributed by atoms with Crippen LogP contribution in [0, 0.1) is 12.8 Å². The summed E-state index contributed by atoms with van der Waals surface area (Å²) in [6, 6.07) is 0. The first-order chi connectivity index (χ1) is 6.00. The van der Waals surface area contributed by atoms with Crippen LogP contribution < -0.4 is 0 Å². The normalized spacial score (nSPS) is 10.8. The van der Waals surface area contributed by atoms with E-state index in [9.17, 15) is 4.79 Å². The molecule has 1 rings (SSSR count). The van der Waals surface area contributed by atoms with Gasteiger partial charge in [-0.05, 0) is 19.3 Å². The number of oxazole rings is 1. The Bertz CT molecular complexity index is 315. The fraction of sp³-hybridized carbons (Fsp3) is 0.556. The van der Waals surface area contributed by atoms with Gasteiger partial charge in [0.2, 0.25) is 0 Å². The minimum Gasteiger partial charge on any atom is -0.474 e. The molecule has 1 aromatic rings. The monoisotopic (exact) mass is 183 g/mol. The number of aromatic nitrogens is 1. The van der Waals surface area contributed by atoms with Crippen LogP contribution in [0.1, 0.15) is 36.0 Å². The smallest absolute Gasteiger partial charge is 0.392 e. The van der Waals surface area contributed by atoms with Crippen molar-refractivity contribution in [3.63, 3.8) is 0 Å². The van der Waals surface area contributed by atoms with Gasteiger partial charge in [-0.2, -0.15) is 0 Å². The van der Waals surface area contributed by atoms with Crippen molar-refractivity contribution >= 4 is 5.97 Å². The van der Waals surface area contributed by atoms with E-state index in [4.69, 9.17) is 9.52 Å². The lowest BCUT2D eigenvalue weighted by Crippen LogP contribution is -1.99. The predicted molar refractivity (Wildman–Crippen MR) is 46.7 cm³/mol. The first-order valence-corrected chi connectivity index (χ1v) is 4.20. The van der Waals surface area contributed by atoms with Crippen molar-refractivity contribution < 1.29 is 14.3 Å². The number of aromatic carboxylic acids is 1. The van der Waals surface area contributed by atoms with Crippen molar-refractivity contribution in [2.75, 3.05) is 0 Å². The van der Waals surface area contributed by atoms with E-state index < -0.39 is 5.97 Å². The molecule has 0 saturated carbocycles. The third-order valence-corrected chi connectivity index (χ3v) is 1.68. The standard InChI is InChI=1S/C9H13NO3/c1-5(2)4-7-6(3)13-8(10-7)9(11)12/h5H,4H2,1-3H3,(H,11,12). The fourth-order valence-corrected chi connectivity index (χ4v) is 1.10. The molecule has 0 amide bonds. The summed E-state index contributed by atoms with van der Waals surface area (Å²) in [5, 5.41) is 8.60. The van der Waals surface area contributed by atoms with E-state index in [0.717, 1.165) is 12.1 Å². The Labute approximate surface area is 76.6 Å². The second-order valence-corrected chi connectivity index (χ2v) is 3.43. The SMILES string of the molecule is Cc1oc(C(=O)O)nc1CC(C)C. The maximum atomic E-state index is 10.5. The molecule has 1 N–H and O–H groups in total. The van der Waals surface area contributed by atoms with E-state index >= 15 is 0 Å². The molecule has 0 aliphatic carbocycles. The second kappa shape index (κ2) is 3.60. The zero-order valence-corrected chi connectivity index (χ0v) is 8.00. The highest BCUT2D eigenvalue weighted by Gasteiger charge is 2.15. The van der Waals surface area contributed by atoms with Crippen molar-refractivity contribution in [2.24, 2.45) is 5.92 Å². The lowest BCUT2D eigenvalue weighted by molar-refractivity contribution is 0.0652. The zero-order valence-electron chi connectivity index (χ0n) is 8.00. The largest absolute Gasteiger partial charge is 0.474 e. The summed E-state index contributed by atoms with van der Waals surface area (Å²) < 4.78 is 4.97. The Hall–Kier alpha value is -1.32. The van der Waals surface area contributed by atoms with Crippen LogP contribution in [0.15, 0.2) is 4.42 Å². The first kappa shape index (κ1) is 9.77. The predicted octanol–water partition coefficient (Wildman–Crippen LogP) is 1.88. The molecule has 72 valence electrons. The van der Waals surface area contributed by atoms with Gasteiger partial charge in [0.05, 0.1) is 5.69 Å². The Kier molecular flexibility index (Phi) is 2.70. The summed E-state index contributed by atoms with van der Waals surface area (Å²) in [7, 11) is 0. The maximum Gasteiger partial charge on any atom is 0.392 e. The summed E-state index contributed by atoms with van der Waals surface area (Å²) in [5.41, 5.74) is 0.743. The van der Waals surface area contributed by atoms with Gasteiger partial charge in [-0.1, -0.05) is 13.8 Å². The van der Waals surface area contributed by atoms with Gasteiger partial charge >= 0.3 is 11.9 Å². The molecule has 0 fully saturated rings. The molecule has 4 heteroatoms. The van der Waals surface area contributed by atoms with Crippen LogP contribution >= 0.6 is 0 Å². The Morgan fingerprint density at radius 3 is 2.62 bits per heavy atom. The fourth-order valence-electron chi connectivity index (χ4n) is 1.10. The maximum absolute atomic E-state index is 10.5. The zero-order chi connectivity index (χ0) is 10.0. The average molecular weight is 183 g/mol. The molecule has 0 atom stereocenters. The van der Waals surface area contributed by atoms with Crippen molar-refractivity contribution in [3.8, 4) is 0 Å². The molecular weight excluding hydrogens is 170 g/mol. The van der Waals surface area contributed by atoms with Crippen molar-refractivity contribution in [2.45, 2.75) is 27.2 Å². The van der Waals surface area contributed by atoms with Crippen molar-refractivity contribution in [1.29, 1.82) is 0 Å². The number of rotatable bonds is 3. The third kappa shape index (κ3) is 2.31. The molecule has 4 nitrogen and oxygen atoms in total.